The fourth-order valence-electron chi connectivity index (χ4n) is 3.09. The van der Waals surface area contributed by atoms with E-state index in [-0.39, 0.29) is 0 Å². The van der Waals surface area contributed by atoms with Crippen LogP contribution in [0.25, 0.3) is 0 Å². The van der Waals surface area contributed by atoms with Crippen LogP contribution in [0.2, 0.25) is 0 Å². The van der Waals surface area contributed by atoms with E-state index in [1.54, 1.807) is 4.88 Å². The van der Waals surface area contributed by atoms with Crippen molar-refractivity contribution in [2.45, 2.75) is 59.4 Å². The average molecular weight is 265 g/mol. The summed E-state index contributed by atoms with van der Waals surface area (Å²) in [5.41, 5.74) is 1.46. The molecule has 2 rings (SSSR count). The molecule has 102 valence electrons. The minimum atomic E-state index is 0.597. The molecule has 1 unspecified atom stereocenters. The molecule has 1 aliphatic rings. The second kappa shape index (κ2) is 6.21. The SMILES string of the molecule is CCNC(c1cc(C)c(C)s1)C1CCC(C)CC1. The van der Waals surface area contributed by atoms with E-state index < -0.39 is 0 Å². The fourth-order valence-corrected chi connectivity index (χ4v) is 4.31. The van der Waals surface area contributed by atoms with Crippen LogP contribution in [0.5, 0.6) is 0 Å². The monoisotopic (exact) mass is 265 g/mol. The maximum absolute atomic E-state index is 3.73. The highest BCUT2D eigenvalue weighted by Crippen LogP contribution is 2.39. The minimum absolute atomic E-state index is 0.597. The van der Waals surface area contributed by atoms with Gasteiger partial charge in [-0.25, -0.2) is 0 Å². The van der Waals surface area contributed by atoms with Gasteiger partial charge in [0.2, 0.25) is 0 Å². The Kier molecular flexibility index (Phi) is 4.85. The predicted molar refractivity (Wildman–Crippen MR) is 81.3 cm³/mol. The first-order chi connectivity index (χ1) is 8.61. The summed E-state index contributed by atoms with van der Waals surface area (Å²) in [6, 6.07) is 3.01. The molecule has 1 N–H and O–H groups in total. The average Bonchev–Trinajstić information content (AvgIpc) is 2.68. The minimum Gasteiger partial charge on any atom is -0.309 e. The number of rotatable bonds is 4. The number of aryl methyl sites for hydroxylation is 2. The van der Waals surface area contributed by atoms with Crippen LogP contribution in [0.15, 0.2) is 6.07 Å². The maximum Gasteiger partial charge on any atom is 0.0443 e. The Hall–Kier alpha value is -0.340. The van der Waals surface area contributed by atoms with Gasteiger partial charge in [0.15, 0.2) is 0 Å². The molecule has 1 heterocycles. The van der Waals surface area contributed by atoms with Crippen LogP contribution in [0.1, 0.15) is 60.9 Å². The Labute approximate surface area is 116 Å². The van der Waals surface area contributed by atoms with Crippen molar-refractivity contribution in [3.8, 4) is 0 Å². The number of hydrogen-bond acceptors (Lipinski definition) is 2. The van der Waals surface area contributed by atoms with Gasteiger partial charge in [0.05, 0.1) is 0 Å². The molecular formula is C16H27NS. The third kappa shape index (κ3) is 3.16. The van der Waals surface area contributed by atoms with Crippen LogP contribution in [-0.2, 0) is 0 Å². The summed E-state index contributed by atoms with van der Waals surface area (Å²) in [5, 5.41) is 3.73. The summed E-state index contributed by atoms with van der Waals surface area (Å²) in [4.78, 5) is 3.04. The zero-order valence-corrected chi connectivity index (χ0v) is 13.1. The van der Waals surface area contributed by atoms with Crippen molar-refractivity contribution >= 4 is 11.3 Å². The molecule has 1 nitrogen and oxygen atoms in total. The van der Waals surface area contributed by atoms with E-state index in [2.05, 4.69) is 39.1 Å². The van der Waals surface area contributed by atoms with Crippen molar-refractivity contribution in [1.82, 2.24) is 5.32 Å². The molecule has 0 radical (unpaired) electrons. The highest BCUT2D eigenvalue weighted by Gasteiger charge is 2.27. The van der Waals surface area contributed by atoms with Gasteiger partial charge in [0, 0.05) is 15.8 Å². The van der Waals surface area contributed by atoms with Gasteiger partial charge in [0.25, 0.3) is 0 Å². The standard InChI is InChI=1S/C16H27NS/c1-5-17-16(14-8-6-11(2)7-9-14)15-10-12(3)13(4)18-15/h10-11,14,16-17H,5-9H2,1-4H3. The number of thiophene rings is 1. The van der Waals surface area contributed by atoms with E-state index in [9.17, 15) is 0 Å². The van der Waals surface area contributed by atoms with Gasteiger partial charge in [-0.05, 0) is 56.7 Å². The van der Waals surface area contributed by atoms with Gasteiger partial charge in [-0.1, -0.05) is 26.7 Å². The first-order valence-corrected chi connectivity index (χ1v) is 8.23. The van der Waals surface area contributed by atoms with Gasteiger partial charge in [-0.2, -0.15) is 0 Å². The Morgan fingerprint density at radius 2 is 1.94 bits per heavy atom. The molecule has 18 heavy (non-hydrogen) atoms. The van der Waals surface area contributed by atoms with E-state index in [1.807, 2.05) is 11.3 Å². The van der Waals surface area contributed by atoms with Crippen LogP contribution < -0.4 is 5.32 Å². The van der Waals surface area contributed by atoms with Crippen LogP contribution in [-0.4, -0.2) is 6.54 Å². The lowest BCUT2D eigenvalue weighted by atomic mass is 9.79. The Bertz CT molecular complexity index is 355. The van der Waals surface area contributed by atoms with Crippen LogP contribution in [0.3, 0.4) is 0 Å². The normalized spacial score (nSPS) is 26.2. The lowest BCUT2D eigenvalue weighted by Crippen LogP contribution is -2.30. The quantitative estimate of drug-likeness (QED) is 0.821. The molecule has 0 aliphatic heterocycles. The molecule has 0 bridgehead atoms. The van der Waals surface area contributed by atoms with Crippen molar-refractivity contribution in [3.05, 3.63) is 21.4 Å². The number of nitrogens with one attached hydrogen (secondary N) is 1. The van der Waals surface area contributed by atoms with E-state index in [4.69, 9.17) is 0 Å². The Morgan fingerprint density at radius 1 is 1.28 bits per heavy atom. The van der Waals surface area contributed by atoms with Crippen LogP contribution in [0.4, 0.5) is 0 Å². The third-order valence-corrected chi connectivity index (χ3v) is 5.68. The molecule has 1 aliphatic carbocycles. The van der Waals surface area contributed by atoms with Crippen molar-refractivity contribution in [2.75, 3.05) is 6.54 Å². The molecule has 0 aromatic carbocycles. The van der Waals surface area contributed by atoms with E-state index in [0.717, 1.165) is 18.4 Å². The van der Waals surface area contributed by atoms with Crippen molar-refractivity contribution in [3.63, 3.8) is 0 Å². The first kappa shape index (κ1) is 14.1. The number of hydrogen-bond donors (Lipinski definition) is 1. The van der Waals surface area contributed by atoms with Crippen LogP contribution >= 0.6 is 11.3 Å². The van der Waals surface area contributed by atoms with E-state index >= 15 is 0 Å². The Morgan fingerprint density at radius 3 is 2.44 bits per heavy atom. The molecule has 1 atom stereocenters. The summed E-state index contributed by atoms with van der Waals surface area (Å²) in [5.74, 6) is 1.79. The lowest BCUT2D eigenvalue weighted by molar-refractivity contribution is 0.235. The summed E-state index contributed by atoms with van der Waals surface area (Å²) in [6.07, 6.45) is 5.62. The van der Waals surface area contributed by atoms with Gasteiger partial charge in [-0.3, -0.25) is 0 Å². The fraction of sp³-hybridized carbons (Fsp3) is 0.750. The molecule has 1 saturated carbocycles. The second-order valence-electron chi connectivity index (χ2n) is 5.94. The zero-order valence-electron chi connectivity index (χ0n) is 12.3. The molecular weight excluding hydrogens is 238 g/mol. The summed E-state index contributed by atoms with van der Waals surface area (Å²) >= 11 is 1.99. The third-order valence-electron chi connectivity index (χ3n) is 4.45. The summed E-state index contributed by atoms with van der Waals surface area (Å²) in [7, 11) is 0. The topological polar surface area (TPSA) is 12.0 Å². The molecule has 1 fully saturated rings. The largest absolute Gasteiger partial charge is 0.309 e. The predicted octanol–water partition coefficient (Wildman–Crippen LogP) is 4.84. The highest BCUT2D eigenvalue weighted by molar-refractivity contribution is 7.12. The van der Waals surface area contributed by atoms with Crippen LogP contribution in [0, 0.1) is 25.7 Å². The first-order valence-electron chi connectivity index (χ1n) is 7.42. The van der Waals surface area contributed by atoms with E-state index in [1.165, 1.54) is 36.1 Å². The summed E-state index contributed by atoms with van der Waals surface area (Å²) < 4.78 is 0. The molecule has 2 heteroatoms. The molecule has 1 aromatic heterocycles. The molecule has 1 aromatic rings. The second-order valence-corrected chi connectivity index (χ2v) is 7.23. The smallest absolute Gasteiger partial charge is 0.0443 e. The zero-order chi connectivity index (χ0) is 13.1. The van der Waals surface area contributed by atoms with Crippen molar-refractivity contribution in [1.29, 1.82) is 0 Å². The van der Waals surface area contributed by atoms with Gasteiger partial charge < -0.3 is 5.32 Å². The van der Waals surface area contributed by atoms with Crippen molar-refractivity contribution < 1.29 is 0 Å². The molecule has 0 amide bonds. The Balaban J connectivity index is 2.12. The van der Waals surface area contributed by atoms with Crippen molar-refractivity contribution in [2.24, 2.45) is 11.8 Å². The van der Waals surface area contributed by atoms with Gasteiger partial charge in [0.1, 0.15) is 0 Å². The highest BCUT2D eigenvalue weighted by atomic mass is 32.1. The molecule has 0 spiro atoms. The van der Waals surface area contributed by atoms with Gasteiger partial charge in [-0.15, -0.1) is 11.3 Å². The maximum atomic E-state index is 3.73. The molecule has 0 saturated heterocycles. The lowest BCUT2D eigenvalue weighted by Gasteiger charge is -2.32. The van der Waals surface area contributed by atoms with E-state index in [0.29, 0.717) is 6.04 Å². The summed E-state index contributed by atoms with van der Waals surface area (Å²) in [6.45, 7) is 10.2. The van der Waals surface area contributed by atoms with Gasteiger partial charge >= 0.3 is 0 Å².